The van der Waals surface area contributed by atoms with Gasteiger partial charge in [0.1, 0.15) is 5.82 Å². The molecule has 1 aromatic carbocycles. The van der Waals surface area contributed by atoms with Gasteiger partial charge in [0.05, 0.1) is 9.89 Å². The highest BCUT2D eigenvalue weighted by Gasteiger charge is 2.50. The molecule has 0 atom stereocenters. The summed E-state index contributed by atoms with van der Waals surface area (Å²) in [5.74, 6) is -0.219. The lowest BCUT2D eigenvalue weighted by atomic mass is 9.86. The molecule has 4 heteroatoms. The molecular formula is C13H13BrFNO. The van der Waals surface area contributed by atoms with Gasteiger partial charge in [-0.3, -0.25) is 4.79 Å². The van der Waals surface area contributed by atoms with Crippen LogP contribution in [0.5, 0.6) is 0 Å². The molecule has 0 spiro atoms. The summed E-state index contributed by atoms with van der Waals surface area (Å²) in [7, 11) is 0. The third kappa shape index (κ3) is 1.39. The standard InChI is InChI=1S/C13H13BrFNO/c1-13(2)10-9(6-5-8(15)11(10)14)16(12(13)17)7-3-4-7/h5-7H,3-4H2,1-2H3. The molecule has 1 aliphatic carbocycles. The number of anilines is 1. The van der Waals surface area contributed by atoms with Gasteiger partial charge >= 0.3 is 0 Å². The van der Waals surface area contributed by atoms with Gasteiger partial charge in [0.2, 0.25) is 5.91 Å². The highest BCUT2D eigenvalue weighted by atomic mass is 79.9. The van der Waals surface area contributed by atoms with Crippen LogP contribution >= 0.6 is 15.9 Å². The lowest BCUT2D eigenvalue weighted by Crippen LogP contribution is -2.37. The van der Waals surface area contributed by atoms with Gasteiger partial charge in [-0.15, -0.1) is 0 Å². The first-order chi connectivity index (χ1) is 7.94. The average Bonchev–Trinajstić information content (AvgIpc) is 3.04. The summed E-state index contributed by atoms with van der Waals surface area (Å²) in [4.78, 5) is 14.3. The minimum absolute atomic E-state index is 0.0845. The maximum atomic E-state index is 13.6. The van der Waals surface area contributed by atoms with Crippen molar-refractivity contribution in [2.24, 2.45) is 0 Å². The Labute approximate surface area is 108 Å². The molecule has 90 valence electrons. The van der Waals surface area contributed by atoms with Crippen molar-refractivity contribution >= 4 is 27.5 Å². The second-order valence-electron chi connectivity index (χ2n) is 5.29. The molecule has 1 aliphatic heterocycles. The minimum Gasteiger partial charge on any atom is -0.308 e. The van der Waals surface area contributed by atoms with Crippen molar-refractivity contribution in [3.8, 4) is 0 Å². The Hall–Kier alpha value is -0.900. The molecule has 0 aromatic heterocycles. The van der Waals surface area contributed by atoms with E-state index in [0.717, 1.165) is 24.1 Å². The minimum atomic E-state index is -0.640. The van der Waals surface area contributed by atoms with Crippen LogP contribution in [-0.4, -0.2) is 11.9 Å². The summed E-state index contributed by atoms with van der Waals surface area (Å²) < 4.78 is 14.0. The third-order valence-corrected chi connectivity index (χ3v) is 4.40. The second kappa shape index (κ2) is 3.31. The highest BCUT2D eigenvalue weighted by molar-refractivity contribution is 9.10. The first-order valence-corrected chi connectivity index (χ1v) is 6.56. The molecule has 1 aromatic rings. The molecule has 0 radical (unpaired) electrons. The van der Waals surface area contributed by atoms with Crippen molar-refractivity contribution in [3.63, 3.8) is 0 Å². The zero-order chi connectivity index (χ0) is 12.4. The number of nitrogens with zero attached hydrogens (tertiary/aromatic N) is 1. The average molecular weight is 298 g/mol. The Balaban J connectivity index is 2.25. The Morgan fingerprint density at radius 2 is 2.06 bits per heavy atom. The van der Waals surface area contributed by atoms with Gasteiger partial charge in [0, 0.05) is 17.3 Å². The summed E-state index contributed by atoms with van der Waals surface area (Å²) in [6, 6.07) is 3.47. The fourth-order valence-electron chi connectivity index (χ4n) is 2.55. The van der Waals surface area contributed by atoms with E-state index in [-0.39, 0.29) is 11.7 Å². The number of fused-ring (bicyclic) bond motifs is 1. The number of carbonyl (C=O) groups is 1. The van der Waals surface area contributed by atoms with Crippen molar-refractivity contribution in [1.29, 1.82) is 0 Å². The van der Waals surface area contributed by atoms with Crippen LogP contribution in [0.25, 0.3) is 0 Å². The van der Waals surface area contributed by atoms with Gasteiger partial charge in [-0.05, 0) is 54.8 Å². The van der Waals surface area contributed by atoms with E-state index in [1.165, 1.54) is 6.07 Å². The van der Waals surface area contributed by atoms with Crippen molar-refractivity contribution in [2.45, 2.75) is 38.1 Å². The third-order valence-electron chi connectivity index (χ3n) is 3.62. The molecule has 1 fully saturated rings. The van der Waals surface area contributed by atoms with Crippen molar-refractivity contribution in [3.05, 3.63) is 28.0 Å². The van der Waals surface area contributed by atoms with Gasteiger partial charge in [0.15, 0.2) is 0 Å². The second-order valence-corrected chi connectivity index (χ2v) is 6.08. The van der Waals surface area contributed by atoms with Crippen LogP contribution in [0.1, 0.15) is 32.3 Å². The molecule has 0 unspecified atom stereocenters. The van der Waals surface area contributed by atoms with E-state index in [1.807, 2.05) is 18.7 Å². The molecule has 17 heavy (non-hydrogen) atoms. The Kier molecular flexibility index (Phi) is 2.18. The van der Waals surface area contributed by atoms with Crippen LogP contribution in [0, 0.1) is 5.82 Å². The highest BCUT2D eigenvalue weighted by Crippen LogP contribution is 2.49. The Morgan fingerprint density at radius 3 is 2.65 bits per heavy atom. The smallest absolute Gasteiger partial charge is 0.237 e. The summed E-state index contributed by atoms with van der Waals surface area (Å²) >= 11 is 3.28. The van der Waals surface area contributed by atoms with Crippen molar-refractivity contribution < 1.29 is 9.18 Å². The molecule has 2 aliphatic rings. The van der Waals surface area contributed by atoms with Crippen LogP contribution in [0.3, 0.4) is 0 Å². The van der Waals surface area contributed by atoms with Gasteiger partial charge < -0.3 is 4.90 Å². The molecule has 0 saturated heterocycles. The van der Waals surface area contributed by atoms with E-state index >= 15 is 0 Å². The van der Waals surface area contributed by atoms with Crippen molar-refractivity contribution in [2.75, 3.05) is 4.90 Å². The predicted molar refractivity (Wildman–Crippen MR) is 67.6 cm³/mol. The number of halogens is 2. The number of hydrogen-bond donors (Lipinski definition) is 0. The fraction of sp³-hybridized carbons (Fsp3) is 0.462. The van der Waals surface area contributed by atoms with E-state index in [9.17, 15) is 9.18 Å². The van der Waals surface area contributed by atoms with E-state index in [2.05, 4.69) is 15.9 Å². The van der Waals surface area contributed by atoms with Crippen LogP contribution in [-0.2, 0) is 10.2 Å². The summed E-state index contributed by atoms with van der Waals surface area (Å²) in [6.45, 7) is 3.72. The van der Waals surface area contributed by atoms with E-state index in [0.29, 0.717) is 10.5 Å². The van der Waals surface area contributed by atoms with Gasteiger partial charge in [-0.25, -0.2) is 4.39 Å². The van der Waals surface area contributed by atoms with Crippen molar-refractivity contribution in [1.82, 2.24) is 0 Å². The first kappa shape index (κ1) is 11.2. The van der Waals surface area contributed by atoms with Gasteiger partial charge in [0.25, 0.3) is 0 Å². The number of rotatable bonds is 1. The summed E-state index contributed by atoms with van der Waals surface area (Å²) in [5.41, 5.74) is 1.02. The van der Waals surface area contributed by atoms with E-state index in [4.69, 9.17) is 0 Å². The molecule has 0 bridgehead atoms. The SMILES string of the molecule is CC1(C)C(=O)N(C2CC2)c2ccc(F)c(Br)c21. The summed E-state index contributed by atoms with van der Waals surface area (Å²) in [5, 5.41) is 0. The normalized spacial score (nSPS) is 21.9. The number of amides is 1. The van der Waals surface area contributed by atoms with E-state index < -0.39 is 5.41 Å². The van der Waals surface area contributed by atoms with Crippen LogP contribution in [0.15, 0.2) is 16.6 Å². The van der Waals surface area contributed by atoms with Crippen LogP contribution in [0.2, 0.25) is 0 Å². The topological polar surface area (TPSA) is 20.3 Å². The monoisotopic (exact) mass is 297 g/mol. The fourth-order valence-corrected chi connectivity index (χ4v) is 3.38. The molecule has 1 heterocycles. The zero-order valence-corrected chi connectivity index (χ0v) is 11.3. The molecular weight excluding hydrogens is 285 g/mol. The molecule has 0 N–H and O–H groups in total. The van der Waals surface area contributed by atoms with E-state index in [1.54, 1.807) is 6.07 Å². The van der Waals surface area contributed by atoms with Crippen LogP contribution < -0.4 is 4.90 Å². The van der Waals surface area contributed by atoms with Crippen LogP contribution in [0.4, 0.5) is 10.1 Å². The molecule has 1 amide bonds. The maximum Gasteiger partial charge on any atom is 0.237 e. The van der Waals surface area contributed by atoms with Gasteiger partial charge in [-0.1, -0.05) is 0 Å². The number of hydrogen-bond acceptors (Lipinski definition) is 1. The number of benzene rings is 1. The first-order valence-electron chi connectivity index (χ1n) is 5.76. The molecule has 1 saturated carbocycles. The largest absolute Gasteiger partial charge is 0.308 e. The summed E-state index contributed by atoms with van der Waals surface area (Å²) in [6.07, 6.45) is 2.10. The predicted octanol–water partition coefficient (Wildman–Crippen LogP) is 3.37. The number of carbonyl (C=O) groups excluding carboxylic acids is 1. The maximum absolute atomic E-state index is 13.6. The Morgan fingerprint density at radius 1 is 1.41 bits per heavy atom. The Bertz CT molecular complexity index is 522. The van der Waals surface area contributed by atoms with Gasteiger partial charge in [-0.2, -0.15) is 0 Å². The molecule has 3 rings (SSSR count). The molecule has 2 nitrogen and oxygen atoms in total. The lowest BCUT2D eigenvalue weighted by Gasteiger charge is -2.19. The lowest BCUT2D eigenvalue weighted by molar-refractivity contribution is -0.122. The quantitative estimate of drug-likeness (QED) is 0.778. The zero-order valence-electron chi connectivity index (χ0n) is 9.76.